The van der Waals surface area contributed by atoms with Crippen molar-refractivity contribution >= 4 is 23.4 Å². The lowest BCUT2D eigenvalue weighted by molar-refractivity contribution is -0.110. The van der Waals surface area contributed by atoms with E-state index >= 15 is 0 Å². The maximum atomic E-state index is 11.4. The molecule has 0 spiro atoms. The molecule has 7 heteroatoms. The number of carbonyl (C=O) groups is 2. The van der Waals surface area contributed by atoms with E-state index in [1.807, 2.05) is 0 Å². The molecule has 4 N–H and O–H groups in total. The number of carbonyl (C=O) groups excluding carboxylic acids is 2. The van der Waals surface area contributed by atoms with Crippen molar-refractivity contribution in [1.29, 1.82) is 0 Å². The van der Waals surface area contributed by atoms with Gasteiger partial charge in [-0.15, -0.1) is 0 Å². The highest BCUT2D eigenvalue weighted by molar-refractivity contribution is 6.41. The van der Waals surface area contributed by atoms with Gasteiger partial charge in [-0.2, -0.15) is 0 Å². The predicted molar refractivity (Wildman–Crippen MR) is 59.8 cm³/mol. The first-order valence-electron chi connectivity index (χ1n) is 4.56. The van der Waals surface area contributed by atoms with Crippen LogP contribution in [0.15, 0.2) is 29.4 Å². The van der Waals surface area contributed by atoms with Gasteiger partial charge in [0.25, 0.3) is 5.91 Å². The first kappa shape index (κ1) is 12.5. The van der Waals surface area contributed by atoms with Crippen molar-refractivity contribution in [2.24, 2.45) is 10.9 Å². The fourth-order valence-electron chi connectivity index (χ4n) is 1.11. The van der Waals surface area contributed by atoms with Crippen LogP contribution in [0.1, 0.15) is 10.4 Å². The second kappa shape index (κ2) is 5.50. The molecule has 1 amide bonds. The van der Waals surface area contributed by atoms with Gasteiger partial charge in [0.1, 0.15) is 0 Å². The van der Waals surface area contributed by atoms with Crippen LogP contribution in [-0.2, 0) is 9.53 Å². The van der Waals surface area contributed by atoms with Crippen LogP contribution >= 0.6 is 0 Å². The van der Waals surface area contributed by atoms with Crippen molar-refractivity contribution in [3.63, 3.8) is 0 Å². The number of amides is 1. The number of anilines is 1. The van der Waals surface area contributed by atoms with Gasteiger partial charge in [-0.05, 0) is 12.1 Å². The summed E-state index contributed by atoms with van der Waals surface area (Å²) in [7, 11) is 1.23. The van der Waals surface area contributed by atoms with E-state index in [4.69, 9.17) is 10.9 Å². The lowest BCUT2D eigenvalue weighted by atomic mass is 10.2. The fraction of sp³-hybridized carbons (Fsp3) is 0.100. The molecular weight excluding hydrogens is 226 g/mol. The van der Waals surface area contributed by atoms with E-state index in [0.717, 1.165) is 0 Å². The second-order valence-corrected chi connectivity index (χ2v) is 2.98. The van der Waals surface area contributed by atoms with Crippen LogP contribution in [0.4, 0.5) is 5.69 Å². The molecular formula is C10H11N3O4. The highest BCUT2D eigenvalue weighted by atomic mass is 16.5. The summed E-state index contributed by atoms with van der Waals surface area (Å²) in [5.74, 6) is -2.02. The highest BCUT2D eigenvalue weighted by Crippen LogP contribution is 2.15. The molecule has 17 heavy (non-hydrogen) atoms. The maximum absolute atomic E-state index is 11.4. The summed E-state index contributed by atoms with van der Waals surface area (Å²) in [5.41, 5.74) is 5.49. The summed E-state index contributed by atoms with van der Waals surface area (Å²) in [5, 5.41) is 13.2. The molecule has 0 saturated carbocycles. The molecule has 0 radical (unpaired) electrons. The number of esters is 1. The Morgan fingerprint density at radius 3 is 2.65 bits per heavy atom. The Labute approximate surface area is 96.9 Å². The zero-order valence-electron chi connectivity index (χ0n) is 9.01. The maximum Gasteiger partial charge on any atom is 0.339 e. The number of nitrogens with zero attached hydrogens (tertiary/aromatic N) is 1. The normalized spacial score (nSPS) is 10.8. The Morgan fingerprint density at radius 2 is 2.06 bits per heavy atom. The molecule has 0 aliphatic heterocycles. The summed E-state index contributed by atoms with van der Waals surface area (Å²) >= 11 is 0. The Bertz CT molecular complexity index is 470. The Kier molecular flexibility index (Phi) is 4.04. The number of oxime groups is 1. The van der Waals surface area contributed by atoms with Crippen LogP contribution in [0.3, 0.4) is 0 Å². The van der Waals surface area contributed by atoms with Gasteiger partial charge in [0.15, 0.2) is 0 Å². The van der Waals surface area contributed by atoms with Gasteiger partial charge >= 0.3 is 5.97 Å². The van der Waals surface area contributed by atoms with Gasteiger partial charge in [-0.25, -0.2) is 4.79 Å². The van der Waals surface area contributed by atoms with Crippen molar-refractivity contribution in [1.82, 2.24) is 0 Å². The molecule has 0 bridgehead atoms. The fourth-order valence-corrected chi connectivity index (χ4v) is 1.11. The summed E-state index contributed by atoms with van der Waals surface area (Å²) in [4.78, 5) is 22.7. The third kappa shape index (κ3) is 2.94. The van der Waals surface area contributed by atoms with E-state index in [1.54, 1.807) is 12.1 Å². The summed E-state index contributed by atoms with van der Waals surface area (Å²) in [6.45, 7) is 0. The molecule has 0 heterocycles. The number of nitrogens with one attached hydrogen (secondary N) is 1. The van der Waals surface area contributed by atoms with E-state index in [2.05, 4.69) is 15.2 Å². The number of benzene rings is 1. The lowest BCUT2D eigenvalue weighted by Gasteiger charge is -2.08. The molecule has 1 aromatic carbocycles. The molecule has 0 saturated heterocycles. The zero-order chi connectivity index (χ0) is 12.8. The number of nitrogens with two attached hydrogens (primary N) is 1. The molecule has 0 atom stereocenters. The Hall–Kier alpha value is -2.57. The Morgan fingerprint density at radius 1 is 1.41 bits per heavy atom. The zero-order valence-corrected chi connectivity index (χ0v) is 9.01. The van der Waals surface area contributed by atoms with Crippen molar-refractivity contribution in [3.8, 4) is 0 Å². The SMILES string of the molecule is COC(=O)c1ccccc1NC(=O)/C(N)=N/O. The Balaban J connectivity index is 2.99. The topological polar surface area (TPSA) is 114 Å². The van der Waals surface area contributed by atoms with Crippen LogP contribution in [0.5, 0.6) is 0 Å². The van der Waals surface area contributed by atoms with Crippen molar-refractivity contribution in [2.45, 2.75) is 0 Å². The van der Waals surface area contributed by atoms with Gasteiger partial charge in [0.2, 0.25) is 5.84 Å². The van der Waals surface area contributed by atoms with Crippen molar-refractivity contribution in [2.75, 3.05) is 12.4 Å². The van der Waals surface area contributed by atoms with E-state index in [9.17, 15) is 9.59 Å². The summed E-state index contributed by atoms with van der Waals surface area (Å²) < 4.78 is 4.54. The standard InChI is InChI=1S/C10H11N3O4/c1-17-10(15)6-4-2-3-5-7(6)12-9(14)8(11)13-16/h2-5,16H,1H3,(H2,11,13)(H,12,14). The average Bonchev–Trinajstić information content (AvgIpc) is 2.37. The van der Waals surface area contributed by atoms with Gasteiger partial charge in [0.05, 0.1) is 18.4 Å². The first-order valence-corrected chi connectivity index (χ1v) is 4.56. The molecule has 7 nitrogen and oxygen atoms in total. The molecule has 0 aliphatic rings. The molecule has 1 rings (SSSR count). The third-order valence-corrected chi connectivity index (χ3v) is 1.92. The van der Waals surface area contributed by atoms with Gasteiger partial charge < -0.3 is 21.0 Å². The number of rotatable bonds is 2. The number of para-hydroxylation sites is 1. The van der Waals surface area contributed by atoms with Gasteiger partial charge in [-0.1, -0.05) is 17.3 Å². The minimum absolute atomic E-state index is 0.175. The van der Waals surface area contributed by atoms with E-state index in [1.165, 1.54) is 19.2 Å². The predicted octanol–water partition coefficient (Wildman–Crippen LogP) is 0.158. The summed E-state index contributed by atoms with van der Waals surface area (Å²) in [6, 6.07) is 6.21. The number of amidine groups is 1. The first-order chi connectivity index (χ1) is 8.10. The summed E-state index contributed by atoms with van der Waals surface area (Å²) in [6.07, 6.45) is 0. The molecule has 90 valence electrons. The quantitative estimate of drug-likeness (QED) is 0.223. The minimum Gasteiger partial charge on any atom is -0.465 e. The molecule has 0 aliphatic carbocycles. The van der Waals surface area contributed by atoms with Gasteiger partial charge in [0, 0.05) is 0 Å². The second-order valence-electron chi connectivity index (χ2n) is 2.98. The minimum atomic E-state index is -0.816. The molecule has 1 aromatic rings. The van der Waals surface area contributed by atoms with Crippen LogP contribution in [0.2, 0.25) is 0 Å². The lowest BCUT2D eigenvalue weighted by Crippen LogP contribution is -2.30. The third-order valence-electron chi connectivity index (χ3n) is 1.92. The van der Waals surface area contributed by atoms with Gasteiger partial charge in [-0.3, -0.25) is 4.79 Å². The van der Waals surface area contributed by atoms with E-state index in [0.29, 0.717) is 0 Å². The molecule has 0 fully saturated rings. The largest absolute Gasteiger partial charge is 0.465 e. The monoisotopic (exact) mass is 237 g/mol. The van der Waals surface area contributed by atoms with E-state index in [-0.39, 0.29) is 11.3 Å². The number of methoxy groups -OCH3 is 1. The van der Waals surface area contributed by atoms with Crippen LogP contribution in [0, 0.1) is 0 Å². The molecule has 0 unspecified atom stereocenters. The van der Waals surface area contributed by atoms with Crippen LogP contribution in [-0.4, -0.2) is 30.0 Å². The highest BCUT2D eigenvalue weighted by Gasteiger charge is 2.14. The van der Waals surface area contributed by atoms with E-state index < -0.39 is 17.7 Å². The average molecular weight is 237 g/mol. The number of hydrogen-bond acceptors (Lipinski definition) is 5. The van der Waals surface area contributed by atoms with Crippen molar-refractivity contribution in [3.05, 3.63) is 29.8 Å². The number of hydrogen-bond donors (Lipinski definition) is 3. The molecule has 0 aromatic heterocycles. The number of ether oxygens (including phenoxy) is 1. The smallest absolute Gasteiger partial charge is 0.339 e. The van der Waals surface area contributed by atoms with Crippen LogP contribution in [0.25, 0.3) is 0 Å². The van der Waals surface area contributed by atoms with Crippen molar-refractivity contribution < 1.29 is 19.5 Å². The van der Waals surface area contributed by atoms with Crippen LogP contribution < -0.4 is 11.1 Å².